The third-order valence-electron chi connectivity index (χ3n) is 3.41. The van der Waals surface area contributed by atoms with Gasteiger partial charge in [0.15, 0.2) is 5.11 Å². The summed E-state index contributed by atoms with van der Waals surface area (Å²) in [5.41, 5.74) is 2.08. The fourth-order valence-electron chi connectivity index (χ4n) is 2.13. The molecule has 1 saturated heterocycles. The molecule has 1 aromatic carbocycles. The van der Waals surface area contributed by atoms with Crippen LogP contribution in [0.5, 0.6) is 0 Å². The lowest BCUT2D eigenvalue weighted by Crippen LogP contribution is -2.53. The summed E-state index contributed by atoms with van der Waals surface area (Å²) in [5.74, 6) is -0.438. The highest BCUT2D eigenvalue weighted by molar-refractivity contribution is 7.80. The van der Waals surface area contributed by atoms with Gasteiger partial charge in [0.2, 0.25) is 0 Å². The zero-order chi connectivity index (χ0) is 16.3. The van der Waals surface area contributed by atoms with Crippen LogP contribution in [-0.4, -0.2) is 28.4 Å². The zero-order valence-electron chi connectivity index (χ0n) is 12.6. The molecule has 114 valence electrons. The van der Waals surface area contributed by atoms with Gasteiger partial charge in [-0.25, -0.2) is 0 Å². The smallest absolute Gasteiger partial charge is 0.265 e. The van der Waals surface area contributed by atoms with E-state index in [1.807, 2.05) is 24.3 Å². The van der Waals surface area contributed by atoms with Gasteiger partial charge in [0, 0.05) is 6.54 Å². The van der Waals surface area contributed by atoms with Gasteiger partial charge >= 0.3 is 0 Å². The topological polar surface area (TPSA) is 49.4 Å². The number of carbonyl (C=O) groups excluding carboxylic acids is 2. The van der Waals surface area contributed by atoms with Gasteiger partial charge in [-0.3, -0.25) is 19.8 Å². The molecule has 1 aromatic rings. The number of benzene rings is 1. The van der Waals surface area contributed by atoms with Crippen LogP contribution in [0.2, 0.25) is 0 Å². The minimum atomic E-state index is -0.469. The number of nitrogens with one attached hydrogen (secondary N) is 1. The van der Waals surface area contributed by atoms with Crippen molar-refractivity contribution in [2.45, 2.75) is 19.8 Å². The van der Waals surface area contributed by atoms with Gasteiger partial charge in [0.1, 0.15) is 5.57 Å². The predicted octanol–water partition coefficient (Wildman–Crippen LogP) is 2.62. The molecule has 4 nitrogen and oxygen atoms in total. The molecule has 2 rings (SSSR count). The lowest BCUT2D eigenvalue weighted by molar-refractivity contribution is -0.128. The summed E-state index contributed by atoms with van der Waals surface area (Å²) < 4.78 is 0. The van der Waals surface area contributed by atoms with Gasteiger partial charge in [-0.1, -0.05) is 44.2 Å². The Labute approximate surface area is 135 Å². The lowest BCUT2D eigenvalue weighted by atomic mass is 10.0. The van der Waals surface area contributed by atoms with Crippen LogP contribution in [-0.2, 0) is 9.59 Å². The molecule has 0 aliphatic carbocycles. The minimum Gasteiger partial charge on any atom is -0.298 e. The maximum Gasteiger partial charge on any atom is 0.265 e. The molecule has 2 amide bonds. The van der Waals surface area contributed by atoms with Gasteiger partial charge in [-0.05, 0) is 35.3 Å². The molecule has 1 N–H and O–H groups in total. The van der Waals surface area contributed by atoms with Crippen LogP contribution in [0.15, 0.2) is 42.5 Å². The van der Waals surface area contributed by atoms with Crippen molar-refractivity contribution in [2.24, 2.45) is 0 Å². The number of hydrogen-bond donors (Lipinski definition) is 1. The molecule has 1 aliphatic rings. The monoisotopic (exact) mass is 314 g/mol. The van der Waals surface area contributed by atoms with E-state index in [0.29, 0.717) is 5.92 Å². The SMILES string of the molecule is C=CCN1C(=O)/C(=C/c2ccc(C(C)C)cc2)C(=O)NC1=S. The van der Waals surface area contributed by atoms with Crippen LogP contribution < -0.4 is 5.32 Å². The minimum absolute atomic E-state index is 0.0766. The van der Waals surface area contributed by atoms with Crippen molar-refractivity contribution < 1.29 is 9.59 Å². The van der Waals surface area contributed by atoms with Crippen LogP contribution in [0.1, 0.15) is 30.9 Å². The van der Waals surface area contributed by atoms with E-state index in [0.717, 1.165) is 5.56 Å². The van der Waals surface area contributed by atoms with Crippen molar-refractivity contribution >= 4 is 35.2 Å². The molecule has 0 bridgehead atoms. The molecule has 1 fully saturated rings. The van der Waals surface area contributed by atoms with E-state index in [2.05, 4.69) is 25.7 Å². The Balaban J connectivity index is 2.32. The van der Waals surface area contributed by atoms with Crippen LogP contribution in [0, 0.1) is 0 Å². The predicted molar refractivity (Wildman–Crippen MR) is 91.2 cm³/mol. The molecule has 0 saturated carbocycles. The maximum absolute atomic E-state index is 12.4. The maximum atomic E-state index is 12.4. The first-order chi connectivity index (χ1) is 10.4. The normalized spacial score (nSPS) is 17.1. The third kappa shape index (κ3) is 3.31. The van der Waals surface area contributed by atoms with Gasteiger partial charge in [-0.2, -0.15) is 0 Å². The number of thiocarbonyl (C=S) groups is 1. The quantitative estimate of drug-likeness (QED) is 0.402. The fraction of sp³-hybridized carbons (Fsp3) is 0.235. The van der Waals surface area contributed by atoms with Gasteiger partial charge < -0.3 is 0 Å². The average molecular weight is 314 g/mol. The van der Waals surface area contributed by atoms with E-state index < -0.39 is 11.8 Å². The van der Waals surface area contributed by atoms with Crippen molar-refractivity contribution in [1.82, 2.24) is 10.2 Å². The summed E-state index contributed by atoms with van der Waals surface area (Å²) in [5, 5.41) is 2.64. The summed E-state index contributed by atoms with van der Waals surface area (Å²) in [7, 11) is 0. The van der Waals surface area contributed by atoms with Crippen LogP contribution >= 0.6 is 12.2 Å². The first kappa shape index (κ1) is 16.1. The summed E-state index contributed by atoms with van der Waals surface area (Å²) in [6, 6.07) is 7.78. The number of nitrogens with zero attached hydrogens (tertiary/aromatic N) is 1. The molecule has 5 heteroatoms. The molecule has 1 heterocycles. The molecule has 0 aromatic heterocycles. The van der Waals surface area contributed by atoms with E-state index in [1.165, 1.54) is 10.5 Å². The Morgan fingerprint density at radius 1 is 1.27 bits per heavy atom. The highest BCUT2D eigenvalue weighted by atomic mass is 32.1. The Bertz CT molecular complexity index is 660. The van der Waals surface area contributed by atoms with Gasteiger partial charge in [-0.15, -0.1) is 6.58 Å². The molecule has 22 heavy (non-hydrogen) atoms. The molecular formula is C17H18N2O2S. The number of hydrogen-bond acceptors (Lipinski definition) is 3. The Morgan fingerprint density at radius 2 is 1.91 bits per heavy atom. The second kappa shape index (κ2) is 6.66. The largest absolute Gasteiger partial charge is 0.298 e. The Hall–Kier alpha value is -2.27. The van der Waals surface area contributed by atoms with E-state index in [-0.39, 0.29) is 17.2 Å². The first-order valence-corrected chi connectivity index (χ1v) is 7.44. The molecule has 0 radical (unpaired) electrons. The number of carbonyl (C=O) groups is 2. The molecular weight excluding hydrogens is 296 g/mol. The van der Waals surface area contributed by atoms with E-state index in [4.69, 9.17) is 12.2 Å². The lowest BCUT2D eigenvalue weighted by Gasteiger charge is -2.27. The standard InChI is InChI=1S/C17H18N2O2S/c1-4-9-19-16(21)14(15(20)18-17(19)22)10-12-5-7-13(8-6-12)11(2)3/h4-8,10-11H,1,9H2,2-3H3,(H,18,20,22)/b14-10+. The van der Waals surface area contributed by atoms with Crippen molar-refractivity contribution in [3.05, 3.63) is 53.6 Å². The summed E-state index contributed by atoms with van der Waals surface area (Å²) in [4.78, 5) is 25.7. The number of rotatable bonds is 4. The summed E-state index contributed by atoms with van der Waals surface area (Å²) in [6.45, 7) is 8.08. The Kier molecular flexibility index (Phi) is 4.88. The van der Waals surface area contributed by atoms with Crippen LogP contribution in [0.4, 0.5) is 0 Å². The van der Waals surface area contributed by atoms with Gasteiger partial charge in [0.25, 0.3) is 11.8 Å². The first-order valence-electron chi connectivity index (χ1n) is 7.03. The highest BCUT2D eigenvalue weighted by Gasteiger charge is 2.32. The van der Waals surface area contributed by atoms with E-state index in [1.54, 1.807) is 12.2 Å². The molecule has 0 spiro atoms. The number of amides is 2. The van der Waals surface area contributed by atoms with Gasteiger partial charge in [0.05, 0.1) is 0 Å². The third-order valence-corrected chi connectivity index (χ3v) is 3.73. The molecule has 0 atom stereocenters. The summed E-state index contributed by atoms with van der Waals surface area (Å²) >= 11 is 5.01. The van der Waals surface area contributed by atoms with E-state index in [9.17, 15) is 9.59 Å². The average Bonchev–Trinajstić information content (AvgIpc) is 2.48. The highest BCUT2D eigenvalue weighted by Crippen LogP contribution is 2.18. The second-order valence-electron chi connectivity index (χ2n) is 5.34. The molecule has 1 aliphatic heterocycles. The van der Waals surface area contributed by atoms with Crippen molar-refractivity contribution in [2.75, 3.05) is 6.54 Å². The second-order valence-corrected chi connectivity index (χ2v) is 5.73. The van der Waals surface area contributed by atoms with Crippen LogP contribution in [0.3, 0.4) is 0 Å². The van der Waals surface area contributed by atoms with Crippen molar-refractivity contribution in [1.29, 1.82) is 0 Å². The Morgan fingerprint density at radius 3 is 2.45 bits per heavy atom. The van der Waals surface area contributed by atoms with E-state index >= 15 is 0 Å². The fourth-order valence-corrected chi connectivity index (χ4v) is 2.38. The van der Waals surface area contributed by atoms with Crippen molar-refractivity contribution in [3.8, 4) is 0 Å². The zero-order valence-corrected chi connectivity index (χ0v) is 13.4. The molecule has 0 unspecified atom stereocenters. The van der Waals surface area contributed by atoms with Crippen LogP contribution in [0.25, 0.3) is 6.08 Å². The van der Waals surface area contributed by atoms with Crippen molar-refractivity contribution in [3.63, 3.8) is 0 Å². The summed E-state index contributed by atoms with van der Waals surface area (Å²) in [6.07, 6.45) is 3.15.